The summed E-state index contributed by atoms with van der Waals surface area (Å²) in [7, 11) is 0. The molecule has 6 rings (SSSR count). The fraction of sp³-hybridized carbons (Fsp3) is 0.625. The van der Waals surface area contributed by atoms with Crippen LogP contribution in [0.3, 0.4) is 0 Å². The Hall–Kier alpha value is -3.22. The van der Waals surface area contributed by atoms with Crippen molar-refractivity contribution in [2.24, 2.45) is 17.8 Å². The summed E-state index contributed by atoms with van der Waals surface area (Å²) in [6.45, 7) is 4.08. The number of β-amino-alcohol motifs (C(OH)–C–C–N with tert-alkyl or cyclic N) is 1. The highest BCUT2D eigenvalue weighted by Crippen LogP contribution is 2.37. The number of aromatic nitrogens is 4. The van der Waals surface area contributed by atoms with Gasteiger partial charge in [-0.3, -0.25) is 14.3 Å². The summed E-state index contributed by atoms with van der Waals surface area (Å²) in [4.78, 5) is 31.7. The van der Waals surface area contributed by atoms with Crippen LogP contribution in [0.4, 0.5) is 20.4 Å². The molecular formula is C32H43F2N7O3. The van der Waals surface area contributed by atoms with Gasteiger partial charge in [-0.1, -0.05) is 0 Å². The molecule has 2 aliphatic carbocycles. The molecule has 44 heavy (non-hydrogen) atoms. The topological polar surface area (TPSA) is 120 Å². The number of fused-ring (bicyclic) bond motifs is 1. The number of hydrogen-bond donors (Lipinski definition) is 3. The fourth-order valence-electron chi connectivity index (χ4n) is 7.22. The van der Waals surface area contributed by atoms with E-state index in [-0.39, 0.29) is 42.7 Å². The number of piperazine rings is 1. The van der Waals surface area contributed by atoms with Gasteiger partial charge in [-0.25, -0.2) is 23.7 Å². The zero-order chi connectivity index (χ0) is 30.6. The van der Waals surface area contributed by atoms with Crippen molar-refractivity contribution in [2.45, 2.75) is 63.8 Å². The lowest BCUT2D eigenvalue weighted by Gasteiger charge is -2.37. The molecule has 238 valence electrons. The molecular weight excluding hydrogens is 568 g/mol. The molecule has 12 heteroatoms. The van der Waals surface area contributed by atoms with E-state index in [1.165, 1.54) is 12.1 Å². The molecule has 1 amide bonds. The number of imidazole rings is 1. The van der Waals surface area contributed by atoms with E-state index >= 15 is 0 Å². The van der Waals surface area contributed by atoms with Gasteiger partial charge in [-0.2, -0.15) is 0 Å². The highest BCUT2D eigenvalue weighted by molar-refractivity contribution is 5.79. The van der Waals surface area contributed by atoms with Crippen molar-refractivity contribution in [1.82, 2.24) is 29.3 Å². The number of aliphatic hydroxyl groups excluding tert-OH is 2. The van der Waals surface area contributed by atoms with Gasteiger partial charge < -0.3 is 20.4 Å². The maximum Gasteiger partial charge on any atom is 0.225 e. The van der Waals surface area contributed by atoms with Crippen LogP contribution in [0, 0.1) is 29.4 Å². The first-order valence-electron chi connectivity index (χ1n) is 16.1. The van der Waals surface area contributed by atoms with Gasteiger partial charge >= 0.3 is 0 Å². The number of aliphatic hydroxyl groups is 2. The van der Waals surface area contributed by atoms with E-state index in [1.807, 2.05) is 9.47 Å². The number of nitrogens with one attached hydrogen (secondary N) is 1. The number of carbonyl (C=O) groups excluding carboxylic acids is 1. The highest BCUT2D eigenvalue weighted by atomic mass is 19.1. The van der Waals surface area contributed by atoms with Gasteiger partial charge in [0.15, 0.2) is 5.65 Å². The minimum atomic E-state index is -0.697. The average Bonchev–Trinajstić information content (AvgIpc) is 3.40. The van der Waals surface area contributed by atoms with Crippen LogP contribution in [0.5, 0.6) is 0 Å². The fourth-order valence-corrected chi connectivity index (χ4v) is 7.22. The first-order valence-corrected chi connectivity index (χ1v) is 16.1. The monoisotopic (exact) mass is 611 g/mol. The van der Waals surface area contributed by atoms with Gasteiger partial charge in [0.25, 0.3) is 0 Å². The number of benzene rings is 1. The summed E-state index contributed by atoms with van der Waals surface area (Å²) >= 11 is 0. The molecule has 3 N–H and O–H groups in total. The molecule has 1 aromatic carbocycles. The standard InChI is InChI=1S/C32H43F2N7O3/c33-24-7-10-27(26(34)18-24)36-32-37-28-19-35-29(38-30(28)41(32)25-8-3-22(20-43)4-9-25)17-21-1-5-23(6-2-21)31(44)40-13-11-39(12-14-40)15-16-42/h7,10,18-19,21-23,25,42-43H,1-6,8-9,11-17,20H2,(H,36,37). The van der Waals surface area contributed by atoms with Gasteiger partial charge in [0.2, 0.25) is 11.9 Å². The average molecular weight is 612 g/mol. The normalized spacial score (nSPS) is 25.0. The van der Waals surface area contributed by atoms with Crippen LogP contribution in [0.25, 0.3) is 11.2 Å². The van der Waals surface area contributed by atoms with Crippen LogP contribution < -0.4 is 5.32 Å². The zero-order valence-corrected chi connectivity index (χ0v) is 25.2. The molecule has 3 aromatic rings. The first-order chi connectivity index (χ1) is 21.4. The Bertz CT molecular complexity index is 1430. The molecule has 3 heterocycles. The summed E-state index contributed by atoms with van der Waals surface area (Å²) in [5.74, 6) is 0.831. The molecule has 0 radical (unpaired) electrons. The number of anilines is 2. The van der Waals surface area contributed by atoms with Gasteiger partial charge in [0.1, 0.15) is 23.0 Å². The van der Waals surface area contributed by atoms with E-state index in [1.54, 1.807) is 6.20 Å². The quantitative estimate of drug-likeness (QED) is 0.332. The molecule has 2 aromatic heterocycles. The maximum atomic E-state index is 14.6. The number of nitrogens with zero attached hydrogens (tertiary/aromatic N) is 6. The lowest BCUT2D eigenvalue weighted by molar-refractivity contribution is -0.138. The minimum absolute atomic E-state index is 0.0648. The summed E-state index contributed by atoms with van der Waals surface area (Å²) < 4.78 is 30.2. The second-order valence-corrected chi connectivity index (χ2v) is 12.7. The number of carbonyl (C=O) groups is 1. The Kier molecular flexibility index (Phi) is 9.68. The number of rotatable bonds is 9. The molecule has 0 bridgehead atoms. The van der Waals surface area contributed by atoms with Crippen molar-refractivity contribution in [3.05, 3.63) is 41.9 Å². The van der Waals surface area contributed by atoms with E-state index in [9.17, 15) is 23.8 Å². The number of halogens is 2. The minimum Gasteiger partial charge on any atom is -0.396 e. The number of hydrogen-bond acceptors (Lipinski definition) is 8. The molecule has 1 saturated heterocycles. The van der Waals surface area contributed by atoms with E-state index in [4.69, 9.17) is 9.97 Å². The maximum absolute atomic E-state index is 14.6. The molecule has 10 nitrogen and oxygen atoms in total. The van der Waals surface area contributed by atoms with Crippen molar-refractivity contribution in [2.75, 3.05) is 51.3 Å². The second-order valence-electron chi connectivity index (χ2n) is 12.7. The Balaban J connectivity index is 1.15. The van der Waals surface area contributed by atoms with E-state index in [0.29, 0.717) is 36.0 Å². The lowest BCUT2D eigenvalue weighted by Crippen LogP contribution is -2.51. The Morgan fingerprint density at radius 1 is 0.932 bits per heavy atom. The molecule has 0 spiro atoms. The highest BCUT2D eigenvalue weighted by Gasteiger charge is 2.32. The smallest absolute Gasteiger partial charge is 0.225 e. The zero-order valence-electron chi connectivity index (χ0n) is 25.2. The van der Waals surface area contributed by atoms with Crippen LogP contribution in [-0.4, -0.2) is 91.4 Å². The lowest BCUT2D eigenvalue weighted by atomic mass is 9.79. The SMILES string of the molecule is O=C(C1CCC(Cc2ncc3nc(Nc4ccc(F)cc4F)n(C4CCC(CO)CC4)c3n2)CC1)N1CCN(CCO)CC1. The summed E-state index contributed by atoms with van der Waals surface area (Å²) in [5, 5.41) is 21.9. The van der Waals surface area contributed by atoms with Crippen LogP contribution in [0.1, 0.15) is 63.2 Å². The molecule has 0 unspecified atom stereocenters. The Morgan fingerprint density at radius 2 is 1.66 bits per heavy atom. The third-order valence-electron chi connectivity index (χ3n) is 9.87. The van der Waals surface area contributed by atoms with Crippen LogP contribution in [-0.2, 0) is 11.2 Å². The van der Waals surface area contributed by atoms with E-state index in [2.05, 4.69) is 15.2 Å². The molecule has 2 saturated carbocycles. The molecule has 3 aliphatic rings. The van der Waals surface area contributed by atoms with Crippen LogP contribution in [0.15, 0.2) is 24.4 Å². The second kappa shape index (κ2) is 13.8. The van der Waals surface area contributed by atoms with E-state index < -0.39 is 11.6 Å². The largest absolute Gasteiger partial charge is 0.396 e. The third-order valence-corrected chi connectivity index (χ3v) is 9.87. The molecule has 0 atom stereocenters. The molecule has 3 fully saturated rings. The van der Waals surface area contributed by atoms with Crippen molar-refractivity contribution in [3.8, 4) is 0 Å². The third kappa shape index (κ3) is 6.87. The van der Waals surface area contributed by atoms with Crippen LogP contribution in [0.2, 0.25) is 0 Å². The Morgan fingerprint density at radius 3 is 2.34 bits per heavy atom. The van der Waals surface area contributed by atoms with Crippen molar-refractivity contribution >= 4 is 28.7 Å². The first kappa shape index (κ1) is 30.8. The van der Waals surface area contributed by atoms with Gasteiger partial charge in [-0.05, 0) is 75.3 Å². The van der Waals surface area contributed by atoms with Gasteiger partial charge in [0.05, 0.1) is 18.5 Å². The predicted octanol–water partition coefficient (Wildman–Crippen LogP) is 4.06. The van der Waals surface area contributed by atoms with Crippen molar-refractivity contribution < 1.29 is 23.8 Å². The van der Waals surface area contributed by atoms with Gasteiger partial charge in [-0.15, -0.1) is 0 Å². The van der Waals surface area contributed by atoms with Gasteiger partial charge in [0, 0.05) is 63.8 Å². The summed E-state index contributed by atoms with van der Waals surface area (Å²) in [5.41, 5.74) is 1.44. The van der Waals surface area contributed by atoms with Crippen LogP contribution >= 0.6 is 0 Å². The van der Waals surface area contributed by atoms with E-state index in [0.717, 1.165) is 89.4 Å². The van der Waals surface area contributed by atoms with Crippen molar-refractivity contribution in [1.29, 1.82) is 0 Å². The summed E-state index contributed by atoms with van der Waals surface area (Å²) in [6, 6.07) is 3.50. The Labute approximate surface area is 256 Å². The summed E-state index contributed by atoms with van der Waals surface area (Å²) in [6.07, 6.45) is 9.51. The number of amides is 1. The predicted molar refractivity (Wildman–Crippen MR) is 162 cm³/mol. The van der Waals surface area contributed by atoms with Crippen molar-refractivity contribution in [3.63, 3.8) is 0 Å². The molecule has 1 aliphatic heterocycles.